The van der Waals surface area contributed by atoms with Gasteiger partial charge in [0.15, 0.2) is 6.10 Å². The summed E-state index contributed by atoms with van der Waals surface area (Å²) in [6.07, 6.45) is -0.762. The van der Waals surface area contributed by atoms with Gasteiger partial charge in [0, 0.05) is 12.4 Å². The minimum atomic E-state index is -0.762. The highest BCUT2D eigenvalue weighted by Gasteiger charge is 2.34. The number of hydrogen-bond acceptors (Lipinski definition) is 5. The molecule has 0 aliphatic carbocycles. The predicted molar refractivity (Wildman–Crippen MR) is 129 cm³/mol. The molecule has 2 amide bonds. The van der Waals surface area contributed by atoms with Crippen molar-refractivity contribution in [1.82, 2.24) is 15.1 Å². The largest absolute Gasteiger partial charge is 0.477 e. The summed E-state index contributed by atoms with van der Waals surface area (Å²) in [5, 5.41) is 8.28. The van der Waals surface area contributed by atoms with Crippen molar-refractivity contribution < 1.29 is 14.3 Å². The minimum Gasteiger partial charge on any atom is -0.477 e. The van der Waals surface area contributed by atoms with E-state index < -0.39 is 6.10 Å². The van der Waals surface area contributed by atoms with E-state index in [0.29, 0.717) is 22.9 Å². The fraction of sp³-hybridized carbons (Fsp3) is 0.240. The lowest BCUT2D eigenvalue weighted by molar-refractivity contribution is -0.127. The molecule has 0 fully saturated rings. The molecule has 0 saturated heterocycles. The van der Waals surface area contributed by atoms with Crippen LogP contribution >= 0.6 is 11.3 Å². The van der Waals surface area contributed by atoms with E-state index in [1.165, 1.54) is 16.9 Å². The van der Waals surface area contributed by atoms with Gasteiger partial charge in [-0.2, -0.15) is 5.10 Å². The van der Waals surface area contributed by atoms with E-state index >= 15 is 0 Å². The number of nitrogens with one attached hydrogen (secondary N) is 1. The van der Waals surface area contributed by atoms with Gasteiger partial charge in [-0.3, -0.25) is 19.2 Å². The summed E-state index contributed by atoms with van der Waals surface area (Å²) in [7, 11) is 1.56. The van der Waals surface area contributed by atoms with E-state index in [0.717, 1.165) is 21.5 Å². The number of hydrogen-bond donors (Lipinski definition) is 1. The van der Waals surface area contributed by atoms with E-state index in [-0.39, 0.29) is 18.4 Å². The summed E-state index contributed by atoms with van der Waals surface area (Å²) in [5.41, 5.74) is 3.92. The Morgan fingerprint density at radius 2 is 1.91 bits per heavy atom. The Morgan fingerprint density at radius 3 is 2.67 bits per heavy atom. The number of carbonyl (C=O) groups is 2. The van der Waals surface area contributed by atoms with Gasteiger partial charge >= 0.3 is 0 Å². The van der Waals surface area contributed by atoms with Gasteiger partial charge in [0.2, 0.25) is 0 Å². The van der Waals surface area contributed by atoms with Crippen molar-refractivity contribution in [3.05, 3.63) is 76.3 Å². The Kier molecular flexibility index (Phi) is 5.38. The lowest BCUT2D eigenvalue weighted by Crippen LogP contribution is -2.50. The number of benzene rings is 2. The average molecular weight is 461 g/mol. The van der Waals surface area contributed by atoms with Crippen molar-refractivity contribution in [2.24, 2.45) is 0 Å². The van der Waals surface area contributed by atoms with Crippen LogP contribution in [0.5, 0.6) is 5.75 Å². The first-order valence-corrected chi connectivity index (χ1v) is 11.6. The topological polar surface area (TPSA) is 76.5 Å². The van der Waals surface area contributed by atoms with E-state index in [2.05, 4.69) is 36.5 Å². The van der Waals surface area contributed by atoms with Crippen molar-refractivity contribution in [3.63, 3.8) is 0 Å². The number of ether oxygens (including phenoxy) is 1. The van der Waals surface area contributed by atoms with E-state index in [1.54, 1.807) is 18.0 Å². The summed E-state index contributed by atoms with van der Waals surface area (Å²) in [4.78, 5) is 29.1. The minimum absolute atomic E-state index is 0.151. The summed E-state index contributed by atoms with van der Waals surface area (Å²) in [5.74, 6) is 0.110. The highest BCUT2D eigenvalue weighted by molar-refractivity contribution is 7.20. The number of para-hydroxylation sites is 2. The molecule has 1 aliphatic rings. The van der Waals surface area contributed by atoms with Gasteiger partial charge in [-0.25, -0.2) is 0 Å². The zero-order chi connectivity index (χ0) is 23.1. The molecule has 0 spiro atoms. The van der Waals surface area contributed by atoms with Crippen molar-refractivity contribution in [2.45, 2.75) is 26.5 Å². The second-order valence-corrected chi connectivity index (χ2v) is 9.19. The quantitative estimate of drug-likeness (QED) is 0.501. The summed E-state index contributed by atoms with van der Waals surface area (Å²) >= 11 is 1.43. The van der Waals surface area contributed by atoms with Crippen LogP contribution in [0.4, 0.5) is 5.69 Å². The molecule has 1 atom stereocenters. The molecule has 168 valence electrons. The Hall–Kier alpha value is -3.65. The van der Waals surface area contributed by atoms with Crippen LogP contribution in [-0.2, 0) is 11.3 Å². The van der Waals surface area contributed by atoms with Gasteiger partial charge in [0.25, 0.3) is 11.8 Å². The first-order chi connectivity index (χ1) is 15.9. The zero-order valence-corrected chi connectivity index (χ0v) is 19.5. The lowest BCUT2D eigenvalue weighted by Gasteiger charge is -2.33. The average Bonchev–Trinajstić information content (AvgIpc) is 3.40. The Labute approximate surface area is 195 Å². The molecule has 3 heterocycles. The first-order valence-electron chi connectivity index (χ1n) is 10.8. The number of anilines is 1. The number of thiophene rings is 1. The SMILES string of the molecule is CNC(=O)[C@@H]1CN(C(=O)c2cc3c(C)nn(Cc4ccc(C)cc4)c3s2)c2ccccc2O1. The molecular weight excluding hydrogens is 436 g/mol. The summed E-state index contributed by atoms with van der Waals surface area (Å²) in [6.45, 7) is 4.81. The van der Waals surface area contributed by atoms with Crippen LogP contribution in [0, 0.1) is 13.8 Å². The number of amides is 2. The maximum absolute atomic E-state index is 13.6. The van der Waals surface area contributed by atoms with Crippen LogP contribution in [-0.4, -0.2) is 41.3 Å². The summed E-state index contributed by atoms with van der Waals surface area (Å²) in [6, 6.07) is 17.6. The van der Waals surface area contributed by atoms with Gasteiger partial charge in [0.1, 0.15) is 10.6 Å². The van der Waals surface area contributed by atoms with Crippen LogP contribution in [0.3, 0.4) is 0 Å². The normalized spacial score (nSPS) is 15.2. The molecule has 0 unspecified atom stereocenters. The highest BCUT2D eigenvalue weighted by atomic mass is 32.1. The monoisotopic (exact) mass is 460 g/mol. The lowest BCUT2D eigenvalue weighted by atomic mass is 10.1. The standard InChI is InChI=1S/C25H24N4O3S/c1-15-8-10-17(11-9-15)13-29-25-18(16(2)27-29)12-22(33-25)24(31)28-14-21(23(30)26-3)32-20-7-5-4-6-19(20)28/h4-12,21H,13-14H2,1-3H3,(H,26,30)/t21-/m0/s1. The van der Waals surface area contributed by atoms with Gasteiger partial charge in [0.05, 0.1) is 29.3 Å². The maximum Gasteiger partial charge on any atom is 0.268 e. The molecular formula is C25H24N4O3S. The van der Waals surface area contributed by atoms with Gasteiger partial charge < -0.3 is 10.1 Å². The molecule has 1 N–H and O–H groups in total. The van der Waals surface area contributed by atoms with E-state index in [1.807, 2.05) is 35.9 Å². The maximum atomic E-state index is 13.6. The van der Waals surface area contributed by atoms with Crippen LogP contribution < -0.4 is 15.0 Å². The molecule has 4 aromatic rings. The van der Waals surface area contributed by atoms with Gasteiger partial charge in [-0.05, 0) is 37.6 Å². The number of aryl methyl sites for hydroxylation is 2. The fourth-order valence-electron chi connectivity index (χ4n) is 4.05. The molecule has 33 heavy (non-hydrogen) atoms. The van der Waals surface area contributed by atoms with Gasteiger partial charge in [-0.1, -0.05) is 42.0 Å². The number of nitrogens with zero attached hydrogens (tertiary/aromatic N) is 3. The fourth-order valence-corrected chi connectivity index (χ4v) is 5.16. The van der Waals surface area contributed by atoms with Crippen LogP contribution in [0.25, 0.3) is 10.2 Å². The third kappa shape index (κ3) is 3.87. The van der Waals surface area contributed by atoms with E-state index in [9.17, 15) is 9.59 Å². The molecule has 2 aromatic heterocycles. The zero-order valence-electron chi connectivity index (χ0n) is 18.7. The number of rotatable bonds is 4. The third-order valence-electron chi connectivity index (χ3n) is 5.83. The first kappa shape index (κ1) is 21.2. The molecule has 2 aromatic carbocycles. The second-order valence-electron chi connectivity index (χ2n) is 8.16. The molecule has 8 heteroatoms. The van der Waals surface area contributed by atoms with Crippen molar-refractivity contribution in [3.8, 4) is 5.75 Å². The molecule has 5 rings (SSSR count). The number of carbonyl (C=O) groups excluding carboxylic acids is 2. The number of likely N-dealkylation sites (N-methyl/N-ethyl adjacent to an activating group) is 1. The summed E-state index contributed by atoms with van der Waals surface area (Å²) < 4.78 is 7.80. The molecule has 7 nitrogen and oxygen atoms in total. The molecule has 1 aliphatic heterocycles. The van der Waals surface area contributed by atoms with Crippen LogP contribution in [0.15, 0.2) is 54.6 Å². The van der Waals surface area contributed by atoms with Crippen molar-refractivity contribution >= 4 is 39.1 Å². The molecule has 0 bridgehead atoms. The van der Waals surface area contributed by atoms with Gasteiger partial charge in [-0.15, -0.1) is 11.3 Å². The Bertz CT molecular complexity index is 1360. The number of aromatic nitrogens is 2. The number of fused-ring (bicyclic) bond motifs is 2. The van der Waals surface area contributed by atoms with E-state index in [4.69, 9.17) is 9.84 Å². The highest BCUT2D eigenvalue weighted by Crippen LogP contribution is 2.36. The van der Waals surface area contributed by atoms with Crippen LogP contribution in [0.2, 0.25) is 0 Å². The predicted octanol–water partition coefficient (Wildman–Crippen LogP) is 3.92. The third-order valence-corrected chi connectivity index (χ3v) is 6.97. The smallest absolute Gasteiger partial charge is 0.268 e. The van der Waals surface area contributed by atoms with Crippen molar-refractivity contribution in [2.75, 3.05) is 18.5 Å². The van der Waals surface area contributed by atoms with Crippen LogP contribution in [0.1, 0.15) is 26.5 Å². The Balaban J connectivity index is 1.49. The second kappa shape index (κ2) is 8.37. The molecule has 0 saturated carbocycles. The Morgan fingerprint density at radius 1 is 1.15 bits per heavy atom. The van der Waals surface area contributed by atoms with Crippen molar-refractivity contribution in [1.29, 1.82) is 0 Å². The molecule has 0 radical (unpaired) electrons.